The van der Waals surface area contributed by atoms with Gasteiger partial charge in [-0.25, -0.2) is 0 Å². The molecule has 0 spiro atoms. The van der Waals surface area contributed by atoms with Gasteiger partial charge in [0.15, 0.2) is 0 Å². The Morgan fingerprint density at radius 3 is 1.75 bits per heavy atom. The molecule has 0 saturated carbocycles. The number of hydrogen-bond donors (Lipinski definition) is 0. The van der Waals surface area contributed by atoms with Crippen molar-refractivity contribution in [1.82, 2.24) is 9.97 Å². The summed E-state index contributed by atoms with van der Waals surface area (Å²) in [7, 11) is 0. The summed E-state index contributed by atoms with van der Waals surface area (Å²) < 4.78 is 0.178. The van der Waals surface area contributed by atoms with E-state index >= 15 is 0 Å². The molecule has 2 rings (SSSR count). The molecule has 0 aliphatic carbocycles. The van der Waals surface area contributed by atoms with E-state index in [4.69, 9.17) is 0 Å². The van der Waals surface area contributed by atoms with Gasteiger partial charge in [-0.05, 0) is 37.1 Å². The molecule has 0 saturated heterocycles. The molecule has 0 atom stereocenters. The highest BCUT2D eigenvalue weighted by Gasteiger charge is 2.04. The van der Waals surface area contributed by atoms with Gasteiger partial charge in [0, 0.05) is 35.3 Å². The van der Waals surface area contributed by atoms with E-state index < -0.39 is 0 Å². The molecule has 2 aromatic rings. The second kappa shape index (κ2) is 8.76. The molecular weight excluding hydrogens is 288 g/mol. The maximum absolute atomic E-state index is 11.7. The van der Waals surface area contributed by atoms with Gasteiger partial charge < -0.3 is 0 Å². The van der Waals surface area contributed by atoms with Crippen LogP contribution in [0.15, 0.2) is 48.8 Å². The lowest BCUT2D eigenvalue weighted by Gasteiger charge is -2.01. The molecule has 2 heterocycles. The Balaban J connectivity index is 1.59. The second-order valence-electron chi connectivity index (χ2n) is 4.09. The third-order valence-electron chi connectivity index (χ3n) is 2.61. The molecule has 0 aliphatic heterocycles. The van der Waals surface area contributed by atoms with Crippen molar-refractivity contribution < 1.29 is 4.79 Å². The Hall–Kier alpha value is -1.33. The molecule has 0 unspecified atom stereocenters. The molecule has 0 radical (unpaired) electrons. The predicted octanol–water partition coefficient (Wildman–Crippen LogP) is 3.85. The number of pyridine rings is 2. The van der Waals surface area contributed by atoms with Crippen molar-refractivity contribution in [2.75, 3.05) is 11.5 Å². The number of thioether (sulfide) groups is 2. The normalized spacial score (nSPS) is 10.4. The van der Waals surface area contributed by atoms with Gasteiger partial charge in [0.2, 0.25) is 4.45 Å². The van der Waals surface area contributed by atoms with Crippen LogP contribution in [-0.2, 0) is 12.8 Å². The molecule has 104 valence electrons. The molecule has 0 aliphatic rings. The van der Waals surface area contributed by atoms with E-state index in [1.807, 2.05) is 36.4 Å². The van der Waals surface area contributed by atoms with Crippen LogP contribution in [0.25, 0.3) is 0 Å². The Morgan fingerprint density at radius 2 is 1.35 bits per heavy atom. The van der Waals surface area contributed by atoms with Crippen molar-refractivity contribution >= 4 is 28.0 Å². The van der Waals surface area contributed by atoms with Gasteiger partial charge in [-0.1, -0.05) is 35.7 Å². The third-order valence-corrected chi connectivity index (χ3v) is 4.60. The SMILES string of the molecule is O=C(SCCc1ccccn1)SCCc1ccccn1. The van der Waals surface area contributed by atoms with Gasteiger partial charge in [-0.3, -0.25) is 14.8 Å². The Bertz CT molecular complexity index is 472. The minimum Gasteiger partial charge on any atom is -0.274 e. The molecule has 0 fully saturated rings. The largest absolute Gasteiger partial charge is 0.274 e. The summed E-state index contributed by atoms with van der Waals surface area (Å²) in [6.45, 7) is 0. The molecular formula is C15H16N2OS2. The lowest BCUT2D eigenvalue weighted by atomic mass is 10.3. The van der Waals surface area contributed by atoms with Crippen molar-refractivity contribution in [1.29, 1.82) is 0 Å². The van der Waals surface area contributed by atoms with Crippen LogP contribution in [0, 0.1) is 0 Å². The van der Waals surface area contributed by atoms with Crippen molar-refractivity contribution in [2.24, 2.45) is 0 Å². The maximum Gasteiger partial charge on any atom is 0.246 e. The quantitative estimate of drug-likeness (QED) is 0.811. The van der Waals surface area contributed by atoms with Crippen LogP contribution in [0.3, 0.4) is 0 Å². The lowest BCUT2D eigenvalue weighted by molar-refractivity contribution is 0.276. The zero-order valence-electron chi connectivity index (χ0n) is 11.1. The Labute approximate surface area is 127 Å². The van der Waals surface area contributed by atoms with E-state index in [-0.39, 0.29) is 4.45 Å². The highest BCUT2D eigenvalue weighted by Crippen LogP contribution is 2.18. The van der Waals surface area contributed by atoms with Gasteiger partial charge >= 0.3 is 0 Å². The number of carbonyl (C=O) groups is 1. The summed E-state index contributed by atoms with van der Waals surface area (Å²) in [5, 5.41) is 0. The van der Waals surface area contributed by atoms with Gasteiger partial charge in [0.25, 0.3) is 0 Å². The first-order valence-electron chi connectivity index (χ1n) is 6.44. The molecule has 0 aromatic carbocycles. The summed E-state index contributed by atoms with van der Waals surface area (Å²) in [6, 6.07) is 11.7. The standard InChI is InChI=1S/C15H16N2OS2/c18-15(19-11-7-13-5-1-3-9-16-13)20-12-8-14-6-2-4-10-17-14/h1-6,9-10H,7-8,11-12H2. The molecule has 3 nitrogen and oxygen atoms in total. The molecule has 2 aromatic heterocycles. The summed E-state index contributed by atoms with van der Waals surface area (Å²) in [5.41, 5.74) is 2.07. The van der Waals surface area contributed by atoms with Crippen molar-refractivity contribution in [3.8, 4) is 0 Å². The third kappa shape index (κ3) is 5.75. The summed E-state index contributed by atoms with van der Waals surface area (Å²) >= 11 is 2.74. The number of nitrogens with zero attached hydrogens (tertiary/aromatic N) is 2. The lowest BCUT2D eigenvalue weighted by Crippen LogP contribution is -1.96. The van der Waals surface area contributed by atoms with Gasteiger partial charge in [0.05, 0.1) is 0 Å². The number of aryl methyl sites for hydroxylation is 2. The monoisotopic (exact) mass is 304 g/mol. The van der Waals surface area contributed by atoms with Crippen LogP contribution >= 0.6 is 23.5 Å². The smallest absolute Gasteiger partial charge is 0.246 e. The van der Waals surface area contributed by atoms with Gasteiger partial charge in [-0.15, -0.1) is 0 Å². The highest BCUT2D eigenvalue weighted by atomic mass is 32.2. The first kappa shape index (κ1) is 15.1. The fraction of sp³-hybridized carbons (Fsp3) is 0.267. The fourth-order valence-corrected chi connectivity index (χ4v) is 3.40. The number of rotatable bonds is 6. The van der Waals surface area contributed by atoms with Crippen molar-refractivity contribution in [3.05, 3.63) is 60.2 Å². The first-order valence-corrected chi connectivity index (χ1v) is 8.41. The number of aromatic nitrogens is 2. The highest BCUT2D eigenvalue weighted by molar-refractivity contribution is 8.38. The number of hydrogen-bond acceptors (Lipinski definition) is 5. The average Bonchev–Trinajstić information content (AvgIpc) is 2.49. The predicted molar refractivity (Wildman–Crippen MR) is 86.2 cm³/mol. The molecule has 0 N–H and O–H groups in total. The van der Waals surface area contributed by atoms with E-state index in [0.717, 1.165) is 35.7 Å². The van der Waals surface area contributed by atoms with E-state index in [2.05, 4.69) is 9.97 Å². The number of carbonyl (C=O) groups excluding carboxylic acids is 1. The van der Waals surface area contributed by atoms with Crippen LogP contribution in [-0.4, -0.2) is 25.9 Å². The van der Waals surface area contributed by atoms with Crippen LogP contribution in [0.2, 0.25) is 0 Å². The van der Waals surface area contributed by atoms with E-state index in [1.54, 1.807) is 12.4 Å². The van der Waals surface area contributed by atoms with Crippen LogP contribution in [0.4, 0.5) is 4.79 Å². The summed E-state index contributed by atoms with van der Waals surface area (Å²) in [6.07, 6.45) is 5.23. The Morgan fingerprint density at radius 1 is 0.850 bits per heavy atom. The molecule has 5 heteroatoms. The minimum absolute atomic E-state index is 0.178. The molecule has 20 heavy (non-hydrogen) atoms. The molecule has 0 bridgehead atoms. The summed E-state index contributed by atoms with van der Waals surface area (Å²) in [5.74, 6) is 1.57. The average molecular weight is 304 g/mol. The topological polar surface area (TPSA) is 42.9 Å². The van der Waals surface area contributed by atoms with Gasteiger partial charge in [-0.2, -0.15) is 0 Å². The van der Waals surface area contributed by atoms with Gasteiger partial charge in [0.1, 0.15) is 0 Å². The van der Waals surface area contributed by atoms with E-state index in [0.29, 0.717) is 0 Å². The fourth-order valence-electron chi connectivity index (χ4n) is 1.61. The van der Waals surface area contributed by atoms with Crippen molar-refractivity contribution in [3.63, 3.8) is 0 Å². The zero-order chi connectivity index (χ0) is 14.0. The summed E-state index contributed by atoms with van der Waals surface area (Å²) in [4.78, 5) is 20.2. The zero-order valence-corrected chi connectivity index (χ0v) is 12.7. The first-order chi connectivity index (χ1) is 9.84. The second-order valence-corrected chi connectivity index (χ2v) is 6.48. The maximum atomic E-state index is 11.7. The Kier molecular flexibility index (Phi) is 6.60. The van der Waals surface area contributed by atoms with E-state index in [1.165, 1.54) is 23.5 Å². The minimum atomic E-state index is 0.178. The molecule has 0 amide bonds. The van der Waals surface area contributed by atoms with Crippen LogP contribution in [0.5, 0.6) is 0 Å². The van der Waals surface area contributed by atoms with Crippen LogP contribution in [0.1, 0.15) is 11.4 Å². The van der Waals surface area contributed by atoms with Crippen LogP contribution < -0.4 is 0 Å². The van der Waals surface area contributed by atoms with E-state index in [9.17, 15) is 4.79 Å². The van der Waals surface area contributed by atoms with Crippen molar-refractivity contribution in [2.45, 2.75) is 12.8 Å².